The summed E-state index contributed by atoms with van der Waals surface area (Å²) >= 11 is 3.70. The fourth-order valence-corrected chi connectivity index (χ4v) is 2.94. The fourth-order valence-electron chi connectivity index (χ4n) is 2.26. The van der Waals surface area contributed by atoms with Crippen LogP contribution < -0.4 is 0 Å². The highest BCUT2D eigenvalue weighted by Gasteiger charge is 2.09. The molecule has 1 unspecified atom stereocenters. The zero-order valence-corrected chi connectivity index (χ0v) is 13.4. The van der Waals surface area contributed by atoms with Gasteiger partial charge in [0.25, 0.3) is 0 Å². The summed E-state index contributed by atoms with van der Waals surface area (Å²) in [6.07, 6.45) is 4.41. The lowest BCUT2D eigenvalue weighted by Gasteiger charge is -2.11. The Kier molecular flexibility index (Phi) is 5.78. The lowest BCUT2D eigenvalue weighted by molar-refractivity contribution is 0.625. The molecule has 0 amide bonds. The zero-order valence-electron chi connectivity index (χ0n) is 11.8. The Hall–Kier alpha value is -1.15. The number of alkyl halides is 1. The minimum atomic E-state index is -0.169. The molecule has 0 radical (unpaired) electrons. The van der Waals surface area contributed by atoms with Crippen LogP contribution in [-0.2, 0) is 12.8 Å². The van der Waals surface area contributed by atoms with Crippen LogP contribution in [0.25, 0.3) is 0 Å². The average Bonchev–Trinajstić information content (AvgIpc) is 2.45. The number of hydrogen-bond donors (Lipinski definition) is 0. The van der Waals surface area contributed by atoms with Crippen LogP contribution in [0.4, 0.5) is 4.39 Å². The van der Waals surface area contributed by atoms with E-state index in [0.717, 1.165) is 18.4 Å². The summed E-state index contributed by atoms with van der Waals surface area (Å²) in [5.41, 5.74) is 3.65. The van der Waals surface area contributed by atoms with E-state index in [1.807, 2.05) is 6.07 Å². The second-order valence-electron chi connectivity index (χ2n) is 5.15. The summed E-state index contributed by atoms with van der Waals surface area (Å²) in [6.45, 7) is 2.21. The first-order valence-corrected chi connectivity index (χ1v) is 8.08. The van der Waals surface area contributed by atoms with Gasteiger partial charge in [-0.2, -0.15) is 0 Å². The van der Waals surface area contributed by atoms with E-state index in [0.29, 0.717) is 0 Å². The van der Waals surface area contributed by atoms with Gasteiger partial charge in [0.15, 0.2) is 0 Å². The summed E-state index contributed by atoms with van der Waals surface area (Å²) in [5.74, 6) is -0.169. The van der Waals surface area contributed by atoms with Crippen molar-refractivity contribution in [2.24, 2.45) is 0 Å². The topological polar surface area (TPSA) is 0 Å². The van der Waals surface area contributed by atoms with Crippen molar-refractivity contribution in [3.8, 4) is 0 Å². The third kappa shape index (κ3) is 4.45. The van der Waals surface area contributed by atoms with Crippen LogP contribution in [0, 0.1) is 5.82 Å². The summed E-state index contributed by atoms with van der Waals surface area (Å²) in [5, 5.41) is 0. The molecule has 2 aromatic carbocycles. The van der Waals surface area contributed by atoms with E-state index in [-0.39, 0.29) is 10.6 Å². The Labute approximate surface area is 129 Å². The number of benzene rings is 2. The molecule has 2 heteroatoms. The van der Waals surface area contributed by atoms with Crippen LogP contribution in [0.5, 0.6) is 0 Å². The van der Waals surface area contributed by atoms with E-state index in [1.165, 1.54) is 30.0 Å². The average molecular weight is 335 g/mol. The van der Waals surface area contributed by atoms with Crippen LogP contribution in [0.3, 0.4) is 0 Å². The first-order valence-electron chi connectivity index (χ1n) is 7.16. The molecule has 0 heterocycles. The maximum absolute atomic E-state index is 13.2. The molecule has 1 atom stereocenters. The van der Waals surface area contributed by atoms with Gasteiger partial charge in [0.2, 0.25) is 0 Å². The molecule has 2 rings (SSSR count). The highest BCUT2D eigenvalue weighted by Crippen LogP contribution is 2.27. The first kappa shape index (κ1) is 15.2. The maximum atomic E-state index is 13.2. The first-order chi connectivity index (χ1) is 9.69. The van der Waals surface area contributed by atoms with Gasteiger partial charge in [-0.05, 0) is 48.1 Å². The number of aryl methyl sites for hydroxylation is 1. The predicted molar refractivity (Wildman–Crippen MR) is 86.8 cm³/mol. The molecule has 0 fully saturated rings. The van der Waals surface area contributed by atoms with Gasteiger partial charge in [-0.25, -0.2) is 4.39 Å². The van der Waals surface area contributed by atoms with Crippen molar-refractivity contribution in [1.29, 1.82) is 0 Å². The molecule has 0 aliphatic carbocycles. The molecule has 0 saturated heterocycles. The molecule has 2 aromatic rings. The van der Waals surface area contributed by atoms with Gasteiger partial charge in [0.1, 0.15) is 5.82 Å². The Morgan fingerprint density at radius 2 is 1.80 bits per heavy atom. The summed E-state index contributed by atoms with van der Waals surface area (Å²) in [4.78, 5) is 0.226. The SMILES string of the molecule is CCCCc1ccc(C(Br)Cc2cccc(F)c2)cc1. The van der Waals surface area contributed by atoms with Gasteiger partial charge in [0.05, 0.1) is 0 Å². The van der Waals surface area contributed by atoms with E-state index in [1.54, 1.807) is 12.1 Å². The van der Waals surface area contributed by atoms with Gasteiger partial charge in [0, 0.05) is 4.83 Å². The van der Waals surface area contributed by atoms with Crippen molar-refractivity contribution in [2.75, 3.05) is 0 Å². The predicted octanol–water partition coefficient (Wildman–Crippen LogP) is 5.85. The Bertz CT molecular complexity index is 533. The van der Waals surface area contributed by atoms with E-state index >= 15 is 0 Å². The number of unbranched alkanes of at least 4 members (excludes halogenated alkanes) is 1. The third-order valence-corrected chi connectivity index (χ3v) is 4.32. The van der Waals surface area contributed by atoms with Crippen molar-refractivity contribution in [1.82, 2.24) is 0 Å². The van der Waals surface area contributed by atoms with Crippen molar-refractivity contribution in [3.05, 3.63) is 71.0 Å². The Morgan fingerprint density at radius 3 is 2.45 bits per heavy atom. The molecule has 106 valence electrons. The van der Waals surface area contributed by atoms with Gasteiger partial charge < -0.3 is 0 Å². The molecular formula is C18H20BrF. The molecular weight excluding hydrogens is 315 g/mol. The van der Waals surface area contributed by atoms with Crippen molar-refractivity contribution in [3.63, 3.8) is 0 Å². The Morgan fingerprint density at radius 1 is 1.05 bits per heavy atom. The number of rotatable bonds is 6. The van der Waals surface area contributed by atoms with Crippen molar-refractivity contribution < 1.29 is 4.39 Å². The van der Waals surface area contributed by atoms with Crippen molar-refractivity contribution in [2.45, 2.75) is 37.4 Å². The molecule has 0 aromatic heterocycles. The fraction of sp³-hybridized carbons (Fsp3) is 0.333. The van der Waals surface area contributed by atoms with Gasteiger partial charge >= 0.3 is 0 Å². The third-order valence-electron chi connectivity index (χ3n) is 3.46. The molecule has 0 saturated carbocycles. The van der Waals surface area contributed by atoms with Gasteiger partial charge in [-0.15, -0.1) is 0 Å². The second-order valence-corrected chi connectivity index (χ2v) is 6.25. The highest BCUT2D eigenvalue weighted by molar-refractivity contribution is 9.09. The lowest BCUT2D eigenvalue weighted by Crippen LogP contribution is -1.96. The van der Waals surface area contributed by atoms with E-state index < -0.39 is 0 Å². The summed E-state index contributed by atoms with van der Waals surface area (Å²) < 4.78 is 13.2. The monoisotopic (exact) mass is 334 g/mol. The second kappa shape index (κ2) is 7.58. The smallest absolute Gasteiger partial charge is 0.123 e. The van der Waals surface area contributed by atoms with Crippen LogP contribution >= 0.6 is 15.9 Å². The molecule has 0 aliphatic rings. The van der Waals surface area contributed by atoms with Crippen LogP contribution in [0.2, 0.25) is 0 Å². The highest BCUT2D eigenvalue weighted by atomic mass is 79.9. The molecule has 0 spiro atoms. The lowest BCUT2D eigenvalue weighted by atomic mass is 10.0. The van der Waals surface area contributed by atoms with Crippen molar-refractivity contribution >= 4 is 15.9 Å². The van der Waals surface area contributed by atoms with Gasteiger partial charge in [-0.3, -0.25) is 0 Å². The molecule has 20 heavy (non-hydrogen) atoms. The normalized spacial score (nSPS) is 12.3. The largest absolute Gasteiger partial charge is 0.207 e. The van der Waals surface area contributed by atoms with E-state index in [2.05, 4.69) is 47.1 Å². The number of hydrogen-bond acceptors (Lipinski definition) is 0. The minimum Gasteiger partial charge on any atom is -0.207 e. The van der Waals surface area contributed by atoms with Crippen LogP contribution in [0.15, 0.2) is 48.5 Å². The zero-order chi connectivity index (χ0) is 14.4. The van der Waals surface area contributed by atoms with Crippen LogP contribution in [0.1, 0.15) is 41.3 Å². The minimum absolute atomic E-state index is 0.169. The molecule has 0 aliphatic heterocycles. The van der Waals surface area contributed by atoms with E-state index in [4.69, 9.17) is 0 Å². The molecule has 0 nitrogen and oxygen atoms in total. The van der Waals surface area contributed by atoms with E-state index in [9.17, 15) is 4.39 Å². The summed E-state index contributed by atoms with van der Waals surface area (Å²) in [7, 11) is 0. The Balaban J connectivity index is 2.00. The maximum Gasteiger partial charge on any atom is 0.123 e. The number of halogens is 2. The van der Waals surface area contributed by atoms with Crippen LogP contribution in [-0.4, -0.2) is 0 Å². The van der Waals surface area contributed by atoms with Gasteiger partial charge in [-0.1, -0.05) is 65.7 Å². The molecule has 0 bridgehead atoms. The standard InChI is InChI=1S/C18H20BrF/c1-2-3-5-14-8-10-16(11-9-14)18(19)13-15-6-4-7-17(20)12-15/h4,6-12,18H,2-3,5,13H2,1H3. The quantitative estimate of drug-likeness (QED) is 0.581. The molecule has 0 N–H and O–H groups in total. The summed E-state index contributed by atoms with van der Waals surface area (Å²) in [6, 6.07) is 15.5.